The van der Waals surface area contributed by atoms with Gasteiger partial charge in [0, 0.05) is 19.7 Å². The Balaban J connectivity index is 2.18. The fourth-order valence-electron chi connectivity index (χ4n) is 1.24. The molecule has 1 heterocycles. The molecule has 1 N–H and O–H groups in total. The van der Waals surface area contributed by atoms with Gasteiger partial charge in [0.15, 0.2) is 0 Å². The molecular weight excluding hydrogens is 127 g/mol. The second-order valence-electron chi connectivity index (χ2n) is 2.65. The molecule has 1 fully saturated rings. The molecule has 0 spiro atoms. The Kier molecular flexibility index (Phi) is 3.18. The van der Waals surface area contributed by atoms with Gasteiger partial charge in [-0.25, -0.2) is 0 Å². The predicted molar refractivity (Wildman–Crippen MR) is 41.8 cm³/mol. The minimum Gasteiger partial charge on any atom is -0.427 e. The van der Waals surface area contributed by atoms with Crippen LogP contribution in [0, 0.1) is 0 Å². The van der Waals surface area contributed by atoms with Crippen LogP contribution in [0.25, 0.3) is 0 Å². The summed E-state index contributed by atoms with van der Waals surface area (Å²) in [6, 6.07) is 0.625. The van der Waals surface area contributed by atoms with Crippen molar-refractivity contribution in [3.8, 4) is 0 Å². The summed E-state index contributed by atoms with van der Waals surface area (Å²) >= 11 is 0. The molecule has 0 amide bonds. The van der Waals surface area contributed by atoms with Crippen molar-refractivity contribution in [1.29, 1.82) is 0 Å². The molecule has 1 rings (SSSR count). The summed E-state index contributed by atoms with van der Waals surface area (Å²) in [4.78, 5) is 2.11. The molecule has 0 bridgehead atoms. The van der Waals surface area contributed by atoms with Gasteiger partial charge >= 0.3 is 7.62 Å². The Morgan fingerprint density at radius 3 is 3.00 bits per heavy atom. The average molecular weight is 141 g/mol. The van der Waals surface area contributed by atoms with Crippen molar-refractivity contribution >= 4 is 7.62 Å². The summed E-state index contributed by atoms with van der Waals surface area (Å²) in [6.07, 6.45) is 1.22. The average Bonchev–Trinajstić information content (AvgIpc) is 2.38. The Labute approximate surface area is 63.0 Å². The first-order chi connectivity index (χ1) is 4.84. The van der Waals surface area contributed by atoms with Gasteiger partial charge in [0.2, 0.25) is 0 Å². The SMILES string of the molecule is CO[B]N(C)C1CCNC1. The lowest BCUT2D eigenvalue weighted by Crippen LogP contribution is -2.37. The summed E-state index contributed by atoms with van der Waals surface area (Å²) in [7, 11) is 5.48. The fraction of sp³-hybridized carbons (Fsp3) is 1.00. The summed E-state index contributed by atoms with van der Waals surface area (Å²) in [5, 5.41) is 3.29. The van der Waals surface area contributed by atoms with E-state index in [9.17, 15) is 0 Å². The van der Waals surface area contributed by atoms with Crippen molar-refractivity contribution < 1.29 is 4.65 Å². The van der Waals surface area contributed by atoms with Gasteiger partial charge in [-0.2, -0.15) is 0 Å². The normalized spacial score (nSPS) is 25.7. The summed E-state index contributed by atoms with van der Waals surface area (Å²) in [6.45, 7) is 2.21. The van der Waals surface area contributed by atoms with Gasteiger partial charge < -0.3 is 14.8 Å². The van der Waals surface area contributed by atoms with E-state index < -0.39 is 0 Å². The number of likely N-dealkylation sites (N-methyl/N-ethyl adjacent to an activating group) is 1. The zero-order valence-electron chi connectivity index (χ0n) is 6.63. The van der Waals surface area contributed by atoms with E-state index in [1.54, 1.807) is 14.7 Å². The third kappa shape index (κ3) is 1.97. The standard InChI is InChI=1S/C6H14BN2O/c1-9(7-10-2)6-3-4-8-5-6/h6,8H,3-5H2,1-2H3. The maximum atomic E-state index is 4.89. The summed E-state index contributed by atoms with van der Waals surface area (Å²) in [5.74, 6) is 0. The maximum absolute atomic E-state index is 4.89. The van der Waals surface area contributed by atoms with Crippen LogP contribution < -0.4 is 5.32 Å². The zero-order chi connectivity index (χ0) is 7.40. The molecule has 1 radical (unpaired) electrons. The first kappa shape index (κ1) is 8.05. The molecule has 1 aliphatic heterocycles. The first-order valence-corrected chi connectivity index (χ1v) is 3.63. The van der Waals surface area contributed by atoms with E-state index in [0.29, 0.717) is 6.04 Å². The van der Waals surface area contributed by atoms with E-state index in [-0.39, 0.29) is 0 Å². The second kappa shape index (κ2) is 3.96. The molecule has 1 unspecified atom stereocenters. The fourth-order valence-corrected chi connectivity index (χ4v) is 1.24. The van der Waals surface area contributed by atoms with Gasteiger partial charge in [-0.1, -0.05) is 0 Å². The molecule has 57 valence electrons. The highest BCUT2D eigenvalue weighted by atomic mass is 16.4. The van der Waals surface area contributed by atoms with Crippen LogP contribution in [-0.4, -0.2) is 45.7 Å². The van der Waals surface area contributed by atoms with Gasteiger partial charge in [0.25, 0.3) is 0 Å². The van der Waals surface area contributed by atoms with Crippen LogP contribution in [-0.2, 0) is 4.65 Å². The molecule has 3 nitrogen and oxygen atoms in total. The second-order valence-corrected chi connectivity index (χ2v) is 2.65. The molecule has 10 heavy (non-hydrogen) atoms. The lowest BCUT2D eigenvalue weighted by atomic mass is 10.1. The summed E-state index contributed by atoms with van der Waals surface area (Å²) in [5.41, 5.74) is 0. The number of rotatable bonds is 3. The van der Waals surface area contributed by atoms with Crippen molar-refractivity contribution in [3.05, 3.63) is 0 Å². The van der Waals surface area contributed by atoms with Crippen LogP contribution in [0.15, 0.2) is 0 Å². The highest BCUT2D eigenvalue weighted by Crippen LogP contribution is 2.03. The maximum Gasteiger partial charge on any atom is 0.398 e. The quantitative estimate of drug-likeness (QED) is 0.534. The third-order valence-electron chi connectivity index (χ3n) is 1.88. The number of hydrogen-bond donors (Lipinski definition) is 1. The van der Waals surface area contributed by atoms with E-state index in [1.165, 1.54) is 6.42 Å². The monoisotopic (exact) mass is 141 g/mol. The van der Waals surface area contributed by atoms with Gasteiger partial charge in [-0.3, -0.25) is 0 Å². The summed E-state index contributed by atoms with van der Waals surface area (Å²) < 4.78 is 4.89. The molecule has 0 aromatic carbocycles. The lowest BCUT2D eigenvalue weighted by Gasteiger charge is -2.20. The van der Waals surface area contributed by atoms with Crippen LogP contribution in [0.1, 0.15) is 6.42 Å². The number of nitrogens with zero attached hydrogens (tertiary/aromatic N) is 1. The largest absolute Gasteiger partial charge is 0.427 e. The van der Waals surface area contributed by atoms with Crippen molar-refractivity contribution in [3.63, 3.8) is 0 Å². The van der Waals surface area contributed by atoms with Crippen molar-refractivity contribution in [1.82, 2.24) is 10.1 Å². The molecule has 1 aliphatic rings. The molecule has 1 atom stereocenters. The number of hydrogen-bond acceptors (Lipinski definition) is 3. The van der Waals surface area contributed by atoms with Gasteiger partial charge in [-0.15, -0.1) is 0 Å². The Hall–Kier alpha value is -0.0551. The van der Waals surface area contributed by atoms with Crippen LogP contribution in [0.3, 0.4) is 0 Å². The topological polar surface area (TPSA) is 24.5 Å². The van der Waals surface area contributed by atoms with E-state index in [4.69, 9.17) is 4.65 Å². The smallest absolute Gasteiger partial charge is 0.398 e. The zero-order valence-corrected chi connectivity index (χ0v) is 6.63. The van der Waals surface area contributed by atoms with Crippen LogP contribution in [0.2, 0.25) is 0 Å². The van der Waals surface area contributed by atoms with E-state index in [0.717, 1.165) is 13.1 Å². The first-order valence-electron chi connectivity index (χ1n) is 3.63. The number of nitrogens with one attached hydrogen (secondary N) is 1. The molecule has 1 saturated heterocycles. The van der Waals surface area contributed by atoms with Crippen LogP contribution >= 0.6 is 0 Å². The van der Waals surface area contributed by atoms with Crippen molar-refractivity contribution in [2.45, 2.75) is 12.5 Å². The van der Waals surface area contributed by atoms with Gasteiger partial charge in [0.05, 0.1) is 0 Å². The van der Waals surface area contributed by atoms with E-state index >= 15 is 0 Å². The lowest BCUT2D eigenvalue weighted by molar-refractivity contribution is 0.324. The highest BCUT2D eigenvalue weighted by Gasteiger charge is 2.19. The van der Waals surface area contributed by atoms with E-state index in [1.807, 2.05) is 7.05 Å². The molecule has 0 aliphatic carbocycles. The minimum absolute atomic E-state index is 0.625. The Bertz CT molecular complexity index is 95.7. The molecule has 0 saturated carbocycles. The molecule has 0 aromatic heterocycles. The molecular formula is C6H14BN2O. The highest BCUT2D eigenvalue weighted by molar-refractivity contribution is 6.23. The predicted octanol–water partition coefficient (Wildman–Crippen LogP) is -0.539. The minimum atomic E-state index is 0.625. The van der Waals surface area contributed by atoms with Gasteiger partial charge in [0.1, 0.15) is 0 Å². The van der Waals surface area contributed by atoms with Crippen LogP contribution in [0.4, 0.5) is 0 Å². The van der Waals surface area contributed by atoms with E-state index in [2.05, 4.69) is 10.1 Å². The Morgan fingerprint density at radius 1 is 1.70 bits per heavy atom. The Morgan fingerprint density at radius 2 is 2.50 bits per heavy atom. The third-order valence-corrected chi connectivity index (χ3v) is 1.88. The van der Waals surface area contributed by atoms with Crippen molar-refractivity contribution in [2.24, 2.45) is 0 Å². The van der Waals surface area contributed by atoms with Gasteiger partial charge in [-0.05, 0) is 20.0 Å². The molecule has 4 heteroatoms. The van der Waals surface area contributed by atoms with Crippen molar-refractivity contribution in [2.75, 3.05) is 27.2 Å². The molecule has 0 aromatic rings. The van der Waals surface area contributed by atoms with Crippen LogP contribution in [0.5, 0.6) is 0 Å².